The van der Waals surface area contributed by atoms with Crippen LogP contribution < -0.4 is 4.72 Å². The Hall–Kier alpha value is -1.33. The van der Waals surface area contributed by atoms with Crippen molar-refractivity contribution in [2.45, 2.75) is 38.0 Å². The van der Waals surface area contributed by atoms with Gasteiger partial charge in [-0.05, 0) is 54.3 Å². The molecular formula is C17H20BrNO2S. The summed E-state index contributed by atoms with van der Waals surface area (Å²) in [5, 5.41) is 0. The zero-order valence-electron chi connectivity index (χ0n) is 12.8. The van der Waals surface area contributed by atoms with E-state index in [2.05, 4.69) is 27.6 Å². The van der Waals surface area contributed by atoms with Crippen LogP contribution in [-0.2, 0) is 22.9 Å². The van der Waals surface area contributed by atoms with Crippen LogP contribution in [-0.4, -0.2) is 8.42 Å². The first-order chi connectivity index (χ1) is 10.5. The van der Waals surface area contributed by atoms with Crippen LogP contribution >= 0.6 is 15.9 Å². The molecule has 0 spiro atoms. The number of hydrogen-bond donors (Lipinski definition) is 1. The molecule has 1 N–H and O–H groups in total. The molecule has 0 saturated heterocycles. The predicted molar refractivity (Wildman–Crippen MR) is 94.8 cm³/mol. The van der Waals surface area contributed by atoms with Crippen LogP contribution in [0.4, 0.5) is 5.69 Å². The van der Waals surface area contributed by atoms with Crippen molar-refractivity contribution >= 4 is 31.6 Å². The molecule has 0 aliphatic heterocycles. The summed E-state index contributed by atoms with van der Waals surface area (Å²) < 4.78 is 28.6. The molecule has 3 nitrogen and oxygen atoms in total. The zero-order chi connectivity index (χ0) is 16.2. The Bertz CT molecular complexity index is 740. The van der Waals surface area contributed by atoms with Crippen molar-refractivity contribution in [3.63, 3.8) is 0 Å². The monoisotopic (exact) mass is 381 g/mol. The molecule has 0 saturated carbocycles. The summed E-state index contributed by atoms with van der Waals surface area (Å²) >= 11 is 3.41. The molecule has 0 aromatic heterocycles. The van der Waals surface area contributed by atoms with E-state index in [-0.39, 0.29) is 4.90 Å². The Labute approximate surface area is 140 Å². The van der Waals surface area contributed by atoms with E-state index in [1.807, 2.05) is 31.2 Å². The second-order valence-electron chi connectivity index (χ2n) is 5.15. The topological polar surface area (TPSA) is 46.2 Å². The number of rotatable bonds is 6. The fraction of sp³-hybridized carbons (Fsp3) is 0.294. The third-order valence-corrected chi connectivity index (χ3v) is 5.34. The smallest absolute Gasteiger partial charge is 0.261 e. The third kappa shape index (κ3) is 4.11. The maximum Gasteiger partial charge on any atom is 0.261 e. The number of hydrogen-bond acceptors (Lipinski definition) is 2. The van der Waals surface area contributed by atoms with E-state index in [1.165, 1.54) is 0 Å². The van der Waals surface area contributed by atoms with Gasteiger partial charge in [-0.2, -0.15) is 0 Å². The Kier molecular flexibility index (Phi) is 5.64. The third-order valence-electron chi connectivity index (χ3n) is 3.46. The molecule has 0 atom stereocenters. The molecule has 0 heterocycles. The van der Waals surface area contributed by atoms with E-state index in [0.29, 0.717) is 5.69 Å². The molecule has 0 radical (unpaired) electrons. The highest BCUT2D eigenvalue weighted by atomic mass is 79.9. The van der Waals surface area contributed by atoms with E-state index in [4.69, 9.17) is 0 Å². The second kappa shape index (κ2) is 7.29. The van der Waals surface area contributed by atoms with Gasteiger partial charge < -0.3 is 0 Å². The highest BCUT2D eigenvalue weighted by molar-refractivity contribution is 9.10. The average molecular weight is 382 g/mol. The Morgan fingerprint density at radius 3 is 2.32 bits per heavy atom. The first-order valence-electron chi connectivity index (χ1n) is 7.36. The normalized spacial score (nSPS) is 11.4. The van der Waals surface area contributed by atoms with E-state index in [0.717, 1.165) is 34.9 Å². The molecule has 0 aliphatic rings. The molecule has 2 rings (SSSR count). The van der Waals surface area contributed by atoms with E-state index in [1.54, 1.807) is 18.2 Å². The van der Waals surface area contributed by atoms with E-state index < -0.39 is 10.0 Å². The molecule has 2 aromatic rings. The van der Waals surface area contributed by atoms with Crippen molar-refractivity contribution in [1.29, 1.82) is 0 Å². The fourth-order valence-corrected chi connectivity index (χ4v) is 3.79. The van der Waals surface area contributed by atoms with Gasteiger partial charge >= 0.3 is 0 Å². The van der Waals surface area contributed by atoms with Crippen LogP contribution in [0.15, 0.2) is 51.8 Å². The molecule has 5 heteroatoms. The highest BCUT2D eigenvalue weighted by Gasteiger charge is 2.15. The summed E-state index contributed by atoms with van der Waals surface area (Å²) in [7, 11) is -3.56. The molecule has 0 unspecified atom stereocenters. The molecule has 22 heavy (non-hydrogen) atoms. The number of benzene rings is 2. The van der Waals surface area contributed by atoms with Gasteiger partial charge in [-0.3, -0.25) is 4.72 Å². The fourth-order valence-electron chi connectivity index (χ4n) is 2.28. The van der Waals surface area contributed by atoms with E-state index in [9.17, 15) is 8.42 Å². The molecular weight excluding hydrogens is 362 g/mol. The highest BCUT2D eigenvalue weighted by Crippen LogP contribution is 2.24. The molecule has 0 amide bonds. The Morgan fingerprint density at radius 1 is 1.05 bits per heavy atom. The molecule has 0 fully saturated rings. The lowest BCUT2D eigenvalue weighted by atomic mass is 10.1. The molecule has 0 bridgehead atoms. The van der Waals surface area contributed by atoms with Gasteiger partial charge in [0, 0.05) is 4.47 Å². The summed E-state index contributed by atoms with van der Waals surface area (Å²) in [6.45, 7) is 4.10. The quantitative estimate of drug-likeness (QED) is 0.783. The maximum absolute atomic E-state index is 12.5. The largest absolute Gasteiger partial charge is 0.279 e. The van der Waals surface area contributed by atoms with Gasteiger partial charge in [-0.15, -0.1) is 0 Å². The molecule has 0 aliphatic carbocycles. The van der Waals surface area contributed by atoms with Crippen molar-refractivity contribution in [2.24, 2.45) is 0 Å². The van der Waals surface area contributed by atoms with Crippen LogP contribution in [0.25, 0.3) is 0 Å². The first-order valence-corrected chi connectivity index (χ1v) is 9.64. The van der Waals surface area contributed by atoms with Crippen LogP contribution in [0.3, 0.4) is 0 Å². The van der Waals surface area contributed by atoms with Gasteiger partial charge in [0.15, 0.2) is 0 Å². The van der Waals surface area contributed by atoms with Crippen molar-refractivity contribution in [3.8, 4) is 0 Å². The minimum atomic E-state index is -3.56. The van der Waals surface area contributed by atoms with Crippen LogP contribution in [0.5, 0.6) is 0 Å². The summed E-state index contributed by atoms with van der Waals surface area (Å²) in [5.74, 6) is 0. The summed E-state index contributed by atoms with van der Waals surface area (Å²) in [5.41, 5.74) is 2.74. The van der Waals surface area contributed by atoms with Crippen molar-refractivity contribution in [1.82, 2.24) is 0 Å². The molecule has 118 valence electrons. The van der Waals surface area contributed by atoms with Crippen LogP contribution in [0.1, 0.15) is 31.4 Å². The van der Waals surface area contributed by atoms with Crippen LogP contribution in [0.2, 0.25) is 0 Å². The number of aryl methyl sites for hydroxylation is 2. The summed E-state index contributed by atoms with van der Waals surface area (Å²) in [4.78, 5) is 0.289. The van der Waals surface area contributed by atoms with Gasteiger partial charge in [0.05, 0.1) is 10.6 Å². The summed E-state index contributed by atoms with van der Waals surface area (Å²) in [6, 6.07) is 12.6. The summed E-state index contributed by atoms with van der Waals surface area (Å²) in [6.07, 6.45) is 2.76. The van der Waals surface area contributed by atoms with Gasteiger partial charge in [-0.25, -0.2) is 8.42 Å². The van der Waals surface area contributed by atoms with Gasteiger partial charge in [0.1, 0.15) is 0 Å². The Morgan fingerprint density at radius 2 is 1.73 bits per heavy atom. The number of halogens is 1. The van der Waals surface area contributed by atoms with Crippen LogP contribution in [0, 0.1) is 0 Å². The lowest BCUT2D eigenvalue weighted by Gasteiger charge is -2.12. The average Bonchev–Trinajstić information content (AvgIpc) is 2.50. The minimum Gasteiger partial charge on any atom is -0.279 e. The zero-order valence-corrected chi connectivity index (χ0v) is 15.2. The molecule has 2 aromatic carbocycles. The van der Waals surface area contributed by atoms with Crippen molar-refractivity contribution in [3.05, 3.63) is 58.1 Å². The lowest BCUT2D eigenvalue weighted by Crippen LogP contribution is -2.14. The van der Waals surface area contributed by atoms with Crippen molar-refractivity contribution in [2.75, 3.05) is 4.72 Å². The van der Waals surface area contributed by atoms with Gasteiger partial charge in [0.25, 0.3) is 10.0 Å². The minimum absolute atomic E-state index is 0.289. The second-order valence-corrected chi connectivity index (χ2v) is 7.75. The number of nitrogens with one attached hydrogen (secondary N) is 1. The SMILES string of the molecule is CCCc1ccc(S(=O)(=O)Nc2ccc(Br)cc2CC)cc1. The Balaban J connectivity index is 2.27. The first kappa shape index (κ1) is 17.0. The van der Waals surface area contributed by atoms with Crippen molar-refractivity contribution < 1.29 is 8.42 Å². The standard InChI is InChI=1S/C17H20BrNO2S/c1-3-5-13-6-9-16(10-7-13)22(20,21)19-17-11-8-15(18)12-14(17)4-2/h6-12,19H,3-5H2,1-2H3. The van der Waals surface area contributed by atoms with Gasteiger partial charge in [-0.1, -0.05) is 48.3 Å². The van der Waals surface area contributed by atoms with E-state index >= 15 is 0 Å². The maximum atomic E-state index is 12.5. The van der Waals surface area contributed by atoms with Gasteiger partial charge in [0.2, 0.25) is 0 Å². The lowest BCUT2D eigenvalue weighted by molar-refractivity contribution is 0.601. The number of sulfonamides is 1. The number of anilines is 1. The predicted octanol–water partition coefficient (Wildman–Crippen LogP) is 4.76.